The normalized spacial score (nSPS) is 12.1. The Kier molecular flexibility index (Phi) is 6.17. The second-order valence-corrected chi connectivity index (χ2v) is 5.86. The molecule has 0 aliphatic rings. The summed E-state index contributed by atoms with van der Waals surface area (Å²) in [5.41, 5.74) is 1.07. The first kappa shape index (κ1) is 15.9. The molecule has 1 atom stereocenters. The first-order valence-corrected chi connectivity index (χ1v) is 7.98. The molecule has 0 saturated heterocycles. The van der Waals surface area contributed by atoms with E-state index in [0.717, 1.165) is 5.56 Å². The third-order valence-corrected chi connectivity index (χ3v) is 4.03. The van der Waals surface area contributed by atoms with Crippen molar-refractivity contribution in [3.63, 3.8) is 0 Å². The fourth-order valence-electron chi connectivity index (χ4n) is 1.82. The van der Waals surface area contributed by atoms with Gasteiger partial charge in [-0.25, -0.2) is 0 Å². The molecule has 6 heteroatoms. The van der Waals surface area contributed by atoms with Crippen molar-refractivity contribution in [1.29, 1.82) is 0 Å². The highest BCUT2D eigenvalue weighted by Crippen LogP contribution is 2.17. The monoisotopic (exact) mass is 325 g/mol. The van der Waals surface area contributed by atoms with E-state index in [1.54, 1.807) is 12.1 Å². The zero-order valence-corrected chi connectivity index (χ0v) is 12.9. The van der Waals surface area contributed by atoms with Crippen LogP contribution in [0.15, 0.2) is 47.1 Å². The summed E-state index contributed by atoms with van der Waals surface area (Å²) in [4.78, 5) is 11.9. The number of hydrogen-bond donors (Lipinski definition) is 2. The molecule has 0 aliphatic carbocycles. The molecule has 0 aliphatic heterocycles. The zero-order chi connectivity index (χ0) is 15.1. The molecule has 2 rings (SSSR count). The number of hydrogen-bond acceptors (Lipinski definition) is 4. The Hall–Kier alpha value is -1.43. The Morgan fingerprint density at radius 2 is 2.24 bits per heavy atom. The quantitative estimate of drug-likeness (QED) is 0.821. The number of amides is 1. The number of rotatable bonds is 7. The maximum absolute atomic E-state index is 11.9. The largest absolute Gasteiger partial charge is 0.467 e. The van der Waals surface area contributed by atoms with Gasteiger partial charge in [0.05, 0.1) is 18.6 Å². The van der Waals surface area contributed by atoms with Crippen molar-refractivity contribution >= 4 is 29.3 Å². The average Bonchev–Trinajstić information content (AvgIpc) is 2.99. The van der Waals surface area contributed by atoms with E-state index in [1.165, 1.54) is 18.0 Å². The molecule has 0 saturated carbocycles. The third kappa shape index (κ3) is 5.12. The van der Waals surface area contributed by atoms with Gasteiger partial charge in [0, 0.05) is 10.8 Å². The van der Waals surface area contributed by atoms with Crippen LogP contribution in [0.4, 0.5) is 0 Å². The van der Waals surface area contributed by atoms with E-state index in [-0.39, 0.29) is 12.5 Å². The first-order chi connectivity index (χ1) is 10.2. The summed E-state index contributed by atoms with van der Waals surface area (Å²) >= 11 is 7.39. The molecule has 2 N–H and O–H groups in total. The van der Waals surface area contributed by atoms with Gasteiger partial charge in [-0.2, -0.15) is 0 Å². The second kappa shape index (κ2) is 8.12. The van der Waals surface area contributed by atoms with Crippen molar-refractivity contribution in [3.8, 4) is 0 Å². The van der Waals surface area contributed by atoms with Crippen LogP contribution in [-0.4, -0.2) is 23.4 Å². The standard InChI is InChI=1S/C15H16ClNO3S/c16-12-4-1-3-11(7-12)9-21-10-15(19)17-13(8-18)14-5-2-6-20-14/h1-7,13,18H,8-10H2,(H,17,19). The molecule has 21 heavy (non-hydrogen) atoms. The van der Waals surface area contributed by atoms with Gasteiger partial charge >= 0.3 is 0 Å². The minimum Gasteiger partial charge on any atom is -0.467 e. The summed E-state index contributed by atoms with van der Waals surface area (Å²) in [5, 5.41) is 12.7. The number of benzene rings is 1. The highest BCUT2D eigenvalue weighted by Gasteiger charge is 2.15. The van der Waals surface area contributed by atoms with Crippen LogP contribution < -0.4 is 5.32 Å². The molecule has 1 heterocycles. The molecule has 112 valence electrons. The van der Waals surface area contributed by atoms with Gasteiger partial charge in [0.2, 0.25) is 5.91 Å². The lowest BCUT2D eigenvalue weighted by molar-refractivity contribution is -0.119. The molecule has 2 aromatic rings. The van der Waals surface area contributed by atoms with Crippen molar-refractivity contribution < 1.29 is 14.3 Å². The van der Waals surface area contributed by atoms with Crippen LogP contribution in [0, 0.1) is 0 Å². The van der Waals surface area contributed by atoms with Gasteiger partial charge in [-0.1, -0.05) is 23.7 Å². The smallest absolute Gasteiger partial charge is 0.230 e. The van der Waals surface area contributed by atoms with Crippen molar-refractivity contribution in [3.05, 3.63) is 59.0 Å². The highest BCUT2D eigenvalue weighted by molar-refractivity contribution is 7.99. The highest BCUT2D eigenvalue weighted by atomic mass is 35.5. The molecular formula is C15H16ClNO3S. The fourth-order valence-corrected chi connectivity index (χ4v) is 2.82. The topological polar surface area (TPSA) is 62.5 Å². The van der Waals surface area contributed by atoms with E-state index in [9.17, 15) is 9.90 Å². The van der Waals surface area contributed by atoms with Crippen LogP contribution in [-0.2, 0) is 10.5 Å². The first-order valence-electron chi connectivity index (χ1n) is 6.45. The number of nitrogens with one attached hydrogen (secondary N) is 1. The van der Waals surface area contributed by atoms with Crippen LogP contribution in [0.5, 0.6) is 0 Å². The van der Waals surface area contributed by atoms with E-state index in [1.807, 2.05) is 24.3 Å². The van der Waals surface area contributed by atoms with Crippen molar-refractivity contribution in [2.75, 3.05) is 12.4 Å². The summed E-state index contributed by atoms with van der Waals surface area (Å²) < 4.78 is 5.18. The molecule has 1 aromatic carbocycles. The van der Waals surface area contributed by atoms with Crippen molar-refractivity contribution in [1.82, 2.24) is 5.32 Å². The lowest BCUT2D eigenvalue weighted by atomic mass is 10.2. The predicted octanol–water partition coefficient (Wildman–Crippen LogP) is 3.02. The van der Waals surface area contributed by atoms with E-state index in [2.05, 4.69) is 5.32 Å². The van der Waals surface area contributed by atoms with Crippen LogP contribution in [0.25, 0.3) is 0 Å². The summed E-state index contributed by atoms with van der Waals surface area (Å²) in [6.07, 6.45) is 1.51. The molecule has 0 bridgehead atoms. The molecule has 0 radical (unpaired) electrons. The molecule has 1 aromatic heterocycles. The maximum atomic E-state index is 11.9. The number of halogens is 1. The minimum atomic E-state index is -0.501. The van der Waals surface area contributed by atoms with Crippen molar-refractivity contribution in [2.45, 2.75) is 11.8 Å². The Balaban J connectivity index is 1.77. The zero-order valence-electron chi connectivity index (χ0n) is 11.3. The number of aliphatic hydroxyl groups is 1. The summed E-state index contributed by atoms with van der Waals surface area (Å²) in [6, 6.07) is 10.5. The molecule has 0 spiro atoms. The SMILES string of the molecule is O=C(CSCc1cccc(Cl)c1)NC(CO)c1ccco1. The lowest BCUT2D eigenvalue weighted by Gasteiger charge is -2.13. The minimum absolute atomic E-state index is 0.141. The van der Waals surface area contributed by atoms with Crippen LogP contribution in [0.2, 0.25) is 5.02 Å². The maximum Gasteiger partial charge on any atom is 0.230 e. The Bertz CT molecular complexity index is 574. The molecule has 0 fully saturated rings. The molecular weight excluding hydrogens is 310 g/mol. The van der Waals surface area contributed by atoms with Crippen molar-refractivity contribution in [2.24, 2.45) is 0 Å². The van der Waals surface area contributed by atoms with Gasteiger partial charge in [0.15, 0.2) is 0 Å². The molecule has 1 amide bonds. The van der Waals surface area contributed by atoms with Crippen LogP contribution >= 0.6 is 23.4 Å². The summed E-state index contributed by atoms with van der Waals surface area (Å²) in [7, 11) is 0. The molecule has 4 nitrogen and oxygen atoms in total. The number of carbonyl (C=O) groups is 1. The van der Waals surface area contributed by atoms with Gasteiger partial charge in [0.1, 0.15) is 11.8 Å². The van der Waals surface area contributed by atoms with E-state index >= 15 is 0 Å². The van der Waals surface area contributed by atoms with Gasteiger partial charge in [-0.05, 0) is 29.8 Å². The number of carbonyl (C=O) groups excluding carboxylic acids is 1. The second-order valence-electron chi connectivity index (χ2n) is 4.44. The number of thioether (sulfide) groups is 1. The Morgan fingerprint density at radius 1 is 1.38 bits per heavy atom. The molecule has 1 unspecified atom stereocenters. The van der Waals surface area contributed by atoms with E-state index in [0.29, 0.717) is 22.3 Å². The van der Waals surface area contributed by atoms with Gasteiger partial charge < -0.3 is 14.8 Å². The van der Waals surface area contributed by atoms with E-state index in [4.69, 9.17) is 16.0 Å². The summed E-state index contributed by atoms with van der Waals surface area (Å²) in [5.74, 6) is 1.42. The lowest BCUT2D eigenvalue weighted by Crippen LogP contribution is -2.31. The Labute approximate surface area is 132 Å². The average molecular weight is 326 g/mol. The van der Waals surface area contributed by atoms with Gasteiger partial charge in [-0.3, -0.25) is 4.79 Å². The number of aliphatic hydroxyl groups excluding tert-OH is 1. The van der Waals surface area contributed by atoms with E-state index < -0.39 is 6.04 Å². The third-order valence-electron chi connectivity index (χ3n) is 2.80. The predicted molar refractivity (Wildman–Crippen MR) is 84.3 cm³/mol. The van der Waals surface area contributed by atoms with Gasteiger partial charge in [-0.15, -0.1) is 11.8 Å². The summed E-state index contributed by atoms with van der Waals surface area (Å²) in [6.45, 7) is -0.196. The van der Waals surface area contributed by atoms with Gasteiger partial charge in [0.25, 0.3) is 0 Å². The number of furan rings is 1. The Morgan fingerprint density at radius 3 is 2.90 bits per heavy atom. The fraction of sp³-hybridized carbons (Fsp3) is 0.267. The van der Waals surface area contributed by atoms with Crippen LogP contribution in [0.3, 0.4) is 0 Å². The van der Waals surface area contributed by atoms with Crippen LogP contribution in [0.1, 0.15) is 17.4 Å².